The lowest BCUT2D eigenvalue weighted by molar-refractivity contribution is 1.40. The molecule has 0 bridgehead atoms. The molecule has 2 rings (SSSR count). The van der Waals surface area contributed by atoms with E-state index in [0.717, 1.165) is 10.9 Å². The first kappa shape index (κ1) is 6.16. The molecule has 11 heavy (non-hydrogen) atoms. The maximum atomic E-state index is 5.51. The molecule has 2 aromatic rings. The molecule has 0 saturated heterocycles. The Morgan fingerprint density at radius 2 is 2.09 bits per heavy atom. The van der Waals surface area contributed by atoms with Gasteiger partial charge in [0.1, 0.15) is 6.20 Å². The third-order valence-corrected chi connectivity index (χ3v) is 1.55. The lowest BCUT2D eigenvalue weighted by Crippen LogP contribution is -1.86. The number of aromatic nitrogens is 1. The highest BCUT2D eigenvalue weighted by Crippen LogP contribution is 2.12. The molecule has 53 valence electrons. The molecule has 1 aromatic heterocycles. The number of hydrogen-bond donors (Lipinski definition) is 1. The van der Waals surface area contributed by atoms with Crippen LogP contribution in [-0.4, -0.2) is 4.98 Å². The number of nitrogen functional groups attached to an aromatic ring is 1. The molecule has 2 nitrogen and oxygen atoms in total. The Balaban J connectivity index is 2.83. The summed E-state index contributed by atoms with van der Waals surface area (Å²) in [6.45, 7) is 0. The van der Waals surface area contributed by atoms with Gasteiger partial charge in [-0.1, -0.05) is 18.2 Å². The number of anilines is 1. The minimum atomic E-state index is 0.587. The molecule has 0 aliphatic rings. The van der Waals surface area contributed by atoms with Crippen molar-refractivity contribution in [3.05, 3.63) is 36.5 Å². The molecular formula is C9H7N2. The highest BCUT2D eigenvalue weighted by atomic mass is 14.7. The van der Waals surface area contributed by atoms with Crippen molar-refractivity contribution in [2.24, 2.45) is 0 Å². The second kappa shape index (κ2) is 2.23. The van der Waals surface area contributed by atoms with Gasteiger partial charge in [0.25, 0.3) is 0 Å². The van der Waals surface area contributed by atoms with Gasteiger partial charge >= 0.3 is 0 Å². The Kier molecular flexibility index (Phi) is 1.25. The second-order valence-corrected chi connectivity index (χ2v) is 2.38. The molecule has 0 aliphatic carbocycles. The van der Waals surface area contributed by atoms with Crippen molar-refractivity contribution >= 4 is 16.6 Å². The van der Waals surface area contributed by atoms with Crippen LogP contribution >= 0.6 is 0 Å². The minimum absolute atomic E-state index is 0.587. The molecular weight excluding hydrogens is 136 g/mol. The average molecular weight is 143 g/mol. The van der Waals surface area contributed by atoms with Gasteiger partial charge in [0.15, 0.2) is 0 Å². The van der Waals surface area contributed by atoms with Crippen LogP contribution in [0.5, 0.6) is 0 Å². The zero-order valence-electron chi connectivity index (χ0n) is 5.91. The molecule has 0 atom stereocenters. The maximum Gasteiger partial charge on any atom is 0.114 e. The quantitative estimate of drug-likeness (QED) is 0.608. The average Bonchev–Trinajstić information content (AvgIpc) is 2.04. The SMILES string of the molecule is Nc1[c]nc2ccccc2c1. The predicted octanol–water partition coefficient (Wildman–Crippen LogP) is 1.62. The topological polar surface area (TPSA) is 38.9 Å². The fourth-order valence-corrected chi connectivity index (χ4v) is 1.04. The highest BCUT2D eigenvalue weighted by molar-refractivity contribution is 5.80. The van der Waals surface area contributed by atoms with Crippen LogP contribution in [0.4, 0.5) is 5.69 Å². The smallest absolute Gasteiger partial charge is 0.114 e. The number of benzene rings is 1. The van der Waals surface area contributed by atoms with Gasteiger partial charge in [-0.05, 0) is 12.1 Å². The molecule has 0 spiro atoms. The van der Waals surface area contributed by atoms with Gasteiger partial charge in [0.2, 0.25) is 0 Å². The summed E-state index contributed by atoms with van der Waals surface area (Å²) in [6, 6.07) is 9.68. The van der Waals surface area contributed by atoms with E-state index in [-0.39, 0.29) is 0 Å². The summed E-state index contributed by atoms with van der Waals surface area (Å²) in [4.78, 5) is 4.03. The maximum absolute atomic E-state index is 5.51. The molecule has 1 aromatic carbocycles. The van der Waals surface area contributed by atoms with E-state index in [1.165, 1.54) is 0 Å². The van der Waals surface area contributed by atoms with Crippen LogP contribution in [0.3, 0.4) is 0 Å². The van der Waals surface area contributed by atoms with Crippen molar-refractivity contribution in [3.63, 3.8) is 0 Å². The highest BCUT2D eigenvalue weighted by Gasteiger charge is 1.92. The second-order valence-electron chi connectivity index (χ2n) is 2.38. The van der Waals surface area contributed by atoms with E-state index in [2.05, 4.69) is 11.2 Å². The standard InChI is InChI=1S/C9H7N2/c10-8-5-7-3-1-2-4-9(7)11-6-8/h1-5H,10H2. The van der Waals surface area contributed by atoms with Crippen molar-refractivity contribution in [2.45, 2.75) is 0 Å². The molecule has 0 fully saturated rings. The summed E-state index contributed by atoms with van der Waals surface area (Å²) < 4.78 is 0. The number of nitrogens with zero attached hydrogens (tertiary/aromatic N) is 1. The third kappa shape index (κ3) is 1.03. The van der Waals surface area contributed by atoms with Crippen LogP contribution < -0.4 is 5.73 Å². The monoisotopic (exact) mass is 143 g/mol. The lowest BCUT2D eigenvalue weighted by atomic mass is 10.2. The molecule has 0 unspecified atom stereocenters. The predicted molar refractivity (Wildman–Crippen MR) is 45.0 cm³/mol. The Bertz CT molecular complexity index is 382. The zero-order chi connectivity index (χ0) is 7.68. The van der Waals surface area contributed by atoms with Crippen molar-refractivity contribution in [3.8, 4) is 0 Å². The lowest BCUT2D eigenvalue weighted by Gasteiger charge is -1.95. The van der Waals surface area contributed by atoms with E-state index < -0.39 is 0 Å². The van der Waals surface area contributed by atoms with Gasteiger partial charge < -0.3 is 5.73 Å². The van der Waals surface area contributed by atoms with E-state index in [4.69, 9.17) is 5.73 Å². The Labute approximate surface area is 64.7 Å². The van der Waals surface area contributed by atoms with Crippen molar-refractivity contribution in [2.75, 3.05) is 5.73 Å². The first-order valence-electron chi connectivity index (χ1n) is 3.39. The molecule has 0 aliphatic heterocycles. The molecule has 2 heteroatoms. The molecule has 0 saturated carbocycles. The summed E-state index contributed by atoms with van der Waals surface area (Å²) in [5, 5.41) is 1.06. The van der Waals surface area contributed by atoms with Crippen molar-refractivity contribution < 1.29 is 0 Å². The largest absolute Gasteiger partial charge is 0.397 e. The summed E-state index contributed by atoms with van der Waals surface area (Å²) in [5.74, 6) is 0. The van der Waals surface area contributed by atoms with Crippen molar-refractivity contribution in [1.29, 1.82) is 0 Å². The number of pyridine rings is 1. The number of hydrogen-bond acceptors (Lipinski definition) is 2. The zero-order valence-corrected chi connectivity index (χ0v) is 5.91. The fourth-order valence-electron chi connectivity index (χ4n) is 1.04. The first-order chi connectivity index (χ1) is 5.36. The van der Waals surface area contributed by atoms with Gasteiger partial charge in [0, 0.05) is 5.39 Å². The minimum Gasteiger partial charge on any atom is -0.397 e. The number of nitrogens with two attached hydrogens (primary N) is 1. The summed E-state index contributed by atoms with van der Waals surface area (Å²) in [5.41, 5.74) is 7.02. The molecule has 0 amide bonds. The summed E-state index contributed by atoms with van der Waals surface area (Å²) in [7, 11) is 0. The van der Waals surface area contributed by atoms with Crippen molar-refractivity contribution in [1.82, 2.24) is 4.98 Å². The van der Waals surface area contributed by atoms with E-state index in [1.807, 2.05) is 30.3 Å². The van der Waals surface area contributed by atoms with E-state index >= 15 is 0 Å². The number of para-hydroxylation sites is 1. The van der Waals surface area contributed by atoms with Crippen LogP contribution in [0.1, 0.15) is 0 Å². The first-order valence-corrected chi connectivity index (χ1v) is 3.39. The normalized spacial score (nSPS) is 10.2. The van der Waals surface area contributed by atoms with Gasteiger partial charge in [-0.2, -0.15) is 0 Å². The fraction of sp³-hybridized carbons (Fsp3) is 0. The van der Waals surface area contributed by atoms with Crippen LogP contribution in [0, 0.1) is 6.20 Å². The van der Waals surface area contributed by atoms with E-state index in [1.54, 1.807) is 0 Å². The Morgan fingerprint density at radius 1 is 1.27 bits per heavy atom. The van der Waals surface area contributed by atoms with Gasteiger partial charge in [0.05, 0.1) is 11.2 Å². The molecule has 2 N–H and O–H groups in total. The van der Waals surface area contributed by atoms with Crippen LogP contribution in [-0.2, 0) is 0 Å². The molecule has 1 heterocycles. The van der Waals surface area contributed by atoms with Crippen LogP contribution in [0.2, 0.25) is 0 Å². The number of fused-ring (bicyclic) bond motifs is 1. The van der Waals surface area contributed by atoms with Crippen LogP contribution in [0.15, 0.2) is 30.3 Å². The summed E-state index contributed by atoms with van der Waals surface area (Å²) in [6.07, 6.45) is 2.70. The van der Waals surface area contributed by atoms with E-state index in [0.29, 0.717) is 5.69 Å². The Hall–Kier alpha value is -1.57. The third-order valence-electron chi connectivity index (χ3n) is 1.55. The van der Waals surface area contributed by atoms with E-state index in [9.17, 15) is 0 Å². The van der Waals surface area contributed by atoms with Gasteiger partial charge in [-0.3, -0.25) is 0 Å². The Morgan fingerprint density at radius 3 is 3.00 bits per heavy atom. The summed E-state index contributed by atoms with van der Waals surface area (Å²) >= 11 is 0. The van der Waals surface area contributed by atoms with Gasteiger partial charge in [-0.15, -0.1) is 0 Å². The molecule has 1 radical (unpaired) electrons. The number of rotatable bonds is 0. The van der Waals surface area contributed by atoms with Gasteiger partial charge in [-0.25, -0.2) is 4.98 Å². The van der Waals surface area contributed by atoms with Crippen LogP contribution in [0.25, 0.3) is 10.9 Å².